The van der Waals surface area contributed by atoms with Crippen molar-refractivity contribution in [2.24, 2.45) is 5.92 Å². The average Bonchev–Trinajstić information content (AvgIpc) is 2.70. The van der Waals surface area contributed by atoms with Gasteiger partial charge in [-0.25, -0.2) is 0 Å². The van der Waals surface area contributed by atoms with Gasteiger partial charge in [-0.3, -0.25) is 4.79 Å². The van der Waals surface area contributed by atoms with E-state index in [1.165, 1.54) is 25.7 Å². The molecular weight excluding hydrogens is 252 g/mol. The molecule has 0 aromatic rings. The first-order chi connectivity index (χ1) is 8.31. The second-order valence-corrected chi connectivity index (χ2v) is 5.67. The Morgan fingerprint density at radius 3 is 2.39 bits per heavy atom. The molecule has 5 heteroatoms. The zero-order chi connectivity index (χ0) is 11.7. The Morgan fingerprint density at radius 1 is 1.17 bits per heavy atom. The van der Waals surface area contributed by atoms with Crippen LogP contribution in [0, 0.1) is 5.92 Å². The molecule has 2 atom stereocenters. The summed E-state index contributed by atoms with van der Waals surface area (Å²) in [7, 11) is 0. The molecule has 0 aliphatic carbocycles. The Kier molecular flexibility index (Phi) is 4.87. The van der Waals surface area contributed by atoms with Crippen molar-refractivity contribution in [2.75, 3.05) is 26.3 Å². The van der Waals surface area contributed by atoms with Crippen molar-refractivity contribution in [3.05, 3.63) is 0 Å². The summed E-state index contributed by atoms with van der Waals surface area (Å²) >= 11 is 0. The first kappa shape index (κ1) is 14.1. The molecular formula is C13H23ClN2O2. The molecule has 3 saturated heterocycles. The van der Waals surface area contributed by atoms with Crippen LogP contribution in [-0.2, 0) is 9.53 Å². The Bertz CT molecular complexity index is 283. The second kappa shape index (κ2) is 6.22. The van der Waals surface area contributed by atoms with E-state index < -0.39 is 0 Å². The summed E-state index contributed by atoms with van der Waals surface area (Å²) < 4.78 is 5.28. The van der Waals surface area contributed by atoms with Crippen LogP contribution < -0.4 is 5.32 Å². The monoisotopic (exact) mass is 274 g/mol. The maximum atomic E-state index is 12.2. The Labute approximate surface area is 115 Å². The molecule has 3 heterocycles. The third-order valence-corrected chi connectivity index (χ3v) is 4.40. The Morgan fingerprint density at radius 2 is 1.78 bits per heavy atom. The molecule has 3 aliphatic heterocycles. The summed E-state index contributed by atoms with van der Waals surface area (Å²) in [5.74, 6) is 0.962. The molecule has 1 N–H and O–H groups in total. The fourth-order valence-corrected chi connectivity index (χ4v) is 3.53. The lowest BCUT2D eigenvalue weighted by Gasteiger charge is -2.32. The quantitative estimate of drug-likeness (QED) is 0.822. The summed E-state index contributed by atoms with van der Waals surface area (Å²) in [6.07, 6.45) is 5.79. The van der Waals surface area contributed by atoms with Crippen LogP contribution in [0.3, 0.4) is 0 Å². The van der Waals surface area contributed by atoms with Gasteiger partial charge in [0.25, 0.3) is 0 Å². The molecule has 0 aromatic heterocycles. The maximum Gasteiger partial charge on any atom is 0.223 e. The molecule has 18 heavy (non-hydrogen) atoms. The van der Waals surface area contributed by atoms with Gasteiger partial charge in [0.2, 0.25) is 5.91 Å². The first-order valence-corrected chi connectivity index (χ1v) is 6.93. The molecule has 104 valence electrons. The Balaban J connectivity index is 0.00000120. The highest BCUT2D eigenvalue weighted by Crippen LogP contribution is 2.32. The van der Waals surface area contributed by atoms with Gasteiger partial charge in [0, 0.05) is 31.6 Å². The van der Waals surface area contributed by atoms with Gasteiger partial charge in [-0.15, -0.1) is 12.4 Å². The molecule has 3 fully saturated rings. The lowest BCUT2D eigenvalue weighted by atomic mass is 9.89. The van der Waals surface area contributed by atoms with Crippen molar-refractivity contribution in [3.8, 4) is 0 Å². The summed E-state index contributed by atoms with van der Waals surface area (Å²) in [6, 6.07) is 1.38. The molecule has 0 spiro atoms. The zero-order valence-corrected chi connectivity index (χ0v) is 11.6. The number of carbonyl (C=O) groups excluding carboxylic acids is 1. The van der Waals surface area contributed by atoms with Crippen molar-refractivity contribution in [1.29, 1.82) is 0 Å². The van der Waals surface area contributed by atoms with Gasteiger partial charge >= 0.3 is 0 Å². The smallest absolute Gasteiger partial charge is 0.223 e. The van der Waals surface area contributed by atoms with E-state index in [0.29, 0.717) is 37.1 Å². The van der Waals surface area contributed by atoms with Crippen molar-refractivity contribution in [1.82, 2.24) is 10.2 Å². The van der Waals surface area contributed by atoms with E-state index in [-0.39, 0.29) is 12.4 Å². The van der Waals surface area contributed by atoms with Crippen LogP contribution in [0.5, 0.6) is 0 Å². The minimum atomic E-state index is 0. The minimum Gasteiger partial charge on any atom is -0.378 e. The van der Waals surface area contributed by atoms with E-state index in [9.17, 15) is 4.79 Å². The summed E-state index contributed by atoms with van der Waals surface area (Å²) in [6.45, 7) is 3.00. The van der Waals surface area contributed by atoms with E-state index in [0.717, 1.165) is 19.5 Å². The molecule has 0 aromatic carbocycles. The van der Waals surface area contributed by atoms with Crippen molar-refractivity contribution in [3.63, 3.8) is 0 Å². The summed E-state index contributed by atoms with van der Waals surface area (Å²) in [5.41, 5.74) is 0. The number of rotatable bonds is 2. The standard InChI is InChI=1S/C13H22N2O2.ClH/c16-13(15-3-5-17-6-4-15)9-10-7-11-1-2-12(8-10)14-11;/h10-12,14H,1-9H2;1H. The summed E-state index contributed by atoms with van der Waals surface area (Å²) in [4.78, 5) is 14.1. The number of amides is 1. The van der Waals surface area contributed by atoms with E-state index in [4.69, 9.17) is 4.74 Å². The molecule has 2 bridgehead atoms. The van der Waals surface area contributed by atoms with Crippen LogP contribution in [0.4, 0.5) is 0 Å². The minimum absolute atomic E-state index is 0. The highest BCUT2D eigenvalue weighted by atomic mass is 35.5. The Hall–Kier alpha value is -0.320. The second-order valence-electron chi connectivity index (χ2n) is 5.67. The van der Waals surface area contributed by atoms with E-state index in [1.807, 2.05) is 4.90 Å². The molecule has 0 radical (unpaired) electrons. The molecule has 1 amide bonds. The first-order valence-electron chi connectivity index (χ1n) is 6.93. The number of ether oxygens (including phenoxy) is 1. The number of nitrogens with zero attached hydrogens (tertiary/aromatic N) is 1. The van der Waals surface area contributed by atoms with E-state index in [2.05, 4.69) is 5.32 Å². The number of fused-ring (bicyclic) bond motifs is 2. The van der Waals surface area contributed by atoms with Gasteiger partial charge in [0.15, 0.2) is 0 Å². The normalized spacial score (nSPS) is 35.1. The van der Waals surface area contributed by atoms with Crippen molar-refractivity contribution >= 4 is 18.3 Å². The number of nitrogens with one attached hydrogen (secondary N) is 1. The third-order valence-electron chi connectivity index (χ3n) is 4.40. The van der Waals surface area contributed by atoms with Crippen LogP contribution in [0.2, 0.25) is 0 Å². The van der Waals surface area contributed by atoms with Crippen molar-refractivity contribution < 1.29 is 9.53 Å². The van der Waals surface area contributed by atoms with Gasteiger partial charge in [0.05, 0.1) is 13.2 Å². The largest absolute Gasteiger partial charge is 0.378 e. The summed E-state index contributed by atoms with van der Waals surface area (Å²) in [5, 5.41) is 3.63. The van der Waals surface area contributed by atoms with E-state index >= 15 is 0 Å². The highest BCUT2D eigenvalue weighted by Gasteiger charge is 2.34. The predicted molar refractivity (Wildman–Crippen MR) is 71.9 cm³/mol. The highest BCUT2D eigenvalue weighted by molar-refractivity contribution is 5.85. The van der Waals surface area contributed by atoms with Crippen LogP contribution in [0.25, 0.3) is 0 Å². The van der Waals surface area contributed by atoms with Gasteiger partial charge in [-0.05, 0) is 31.6 Å². The maximum absolute atomic E-state index is 12.2. The van der Waals surface area contributed by atoms with Crippen molar-refractivity contribution in [2.45, 2.75) is 44.2 Å². The predicted octanol–water partition coefficient (Wildman–Crippen LogP) is 1.19. The fraction of sp³-hybridized carbons (Fsp3) is 0.923. The van der Waals surface area contributed by atoms with Gasteiger partial charge in [-0.1, -0.05) is 0 Å². The molecule has 3 aliphatic rings. The molecule has 2 unspecified atom stereocenters. The zero-order valence-electron chi connectivity index (χ0n) is 10.8. The number of carbonyl (C=O) groups is 1. The van der Waals surface area contributed by atoms with Gasteiger partial charge in [-0.2, -0.15) is 0 Å². The van der Waals surface area contributed by atoms with Crippen LogP contribution in [0.15, 0.2) is 0 Å². The lowest BCUT2D eigenvalue weighted by molar-refractivity contribution is -0.136. The molecule has 3 rings (SSSR count). The number of piperidine rings is 1. The topological polar surface area (TPSA) is 41.6 Å². The number of morpholine rings is 1. The fourth-order valence-electron chi connectivity index (χ4n) is 3.53. The average molecular weight is 275 g/mol. The number of hydrogen-bond acceptors (Lipinski definition) is 3. The number of halogens is 1. The molecule has 4 nitrogen and oxygen atoms in total. The lowest BCUT2D eigenvalue weighted by Crippen LogP contribution is -2.43. The van der Waals surface area contributed by atoms with Gasteiger partial charge in [0.1, 0.15) is 0 Å². The molecule has 0 saturated carbocycles. The van der Waals surface area contributed by atoms with Crippen LogP contribution in [0.1, 0.15) is 32.1 Å². The van der Waals surface area contributed by atoms with Gasteiger partial charge < -0.3 is 15.0 Å². The van der Waals surface area contributed by atoms with Crippen LogP contribution in [-0.4, -0.2) is 49.2 Å². The SMILES string of the molecule is Cl.O=C(CC1CC2CCC(C1)N2)N1CCOCC1. The number of hydrogen-bond donors (Lipinski definition) is 1. The van der Waals surface area contributed by atoms with E-state index in [1.54, 1.807) is 0 Å². The van der Waals surface area contributed by atoms with Crippen LogP contribution >= 0.6 is 12.4 Å². The third kappa shape index (κ3) is 3.16.